The van der Waals surface area contributed by atoms with E-state index in [0.717, 1.165) is 18.3 Å². The second kappa shape index (κ2) is 7.28. The summed E-state index contributed by atoms with van der Waals surface area (Å²) < 4.78 is 29.3. The fourth-order valence-corrected chi connectivity index (χ4v) is 3.96. The summed E-state index contributed by atoms with van der Waals surface area (Å²) in [5, 5.41) is 10.5. The van der Waals surface area contributed by atoms with Crippen LogP contribution in [0.3, 0.4) is 0 Å². The molecule has 0 saturated carbocycles. The third-order valence-corrected chi connectivity index (χ3v) is 5.61. The molecule has 1 fully saturated rings. The number of nitrogens with two attached hydrogens (primary N) is 1. The van der Waals surface area contributed by atoms with Crippen LogP contribution >= 0.6 is 0 Å². The van der Waals surface area contributed by atoms with E-state index in [1.54, 1.807) is 4.90 Å². The Balaban J connectivity index is 1.53. The van der Waals surface area contributed by atoms with Crippen molar-refractivity contribution in [2.75, 3.05) is 12.3 Å². The molecule has 1 aromatic carbocycles. The minimum atomic E-state index is -0.845. The van der Waals surface area contributed by atoms with Crippen molar-refractivity contribution < 1.29 is 13.6 Å². The molecule has 0 radical (unpaired) electrons. The van der Waals surface area contributed by atoms with E-state index in [9.17, 15) is 18.4 Å². The summed E-state index contributed by atoms with van der Waals surface area (Å²) >= 11 is 0. The number of likely N-dealkylation sites (tertiary alicyclic amines) is 1. The number of carbonyl (C=O) groups excluding carboxylic acids is 1. The fraction of sp³-hybridized carbons (Fsp3) is 0.316. The molecule has 11 nitrogen and oxygen atoms in total. The van der Waals surface area contributed by atoms with Gasteiger partial charge in [0.05, 0.1) is 11.6 Å². The van der Waals surface area contributed by atoms with Crippen LogP contribution < -0.4 is 11.3 Å². The number of hydrogen-bond acceptors (Lipinski definition) is 8. The maximum absolute atomic E-state index is 14.2. The second-order valence-corrected chi connectivity index (χ2v) is 7.71. The van der Waals surface area contributed by atoms with Crippen molar-refractivity contribution in [3.8, 4) is 0 Å². The molecule has 32 heavy (non-hydrogen) atoms. The van der Waals surface area contributed by atoms with Gasteiger partial charge in [-0.15, -0.1) is 10.2 Å². The molecule has 0 spiro atoms. The lowest BCUT2D eigenvalue weighted by Crippen LogP contribution is -2.45. The summed E-state index contributed by atoms with van der Waals surface area (Å²) in [6.45, 7) is 2.17. The lowest BCUT2D eigenvalue weighted by molar-refractivity contribution is 0.0591. The van der Waals surface area contributed by atoms with Crippen molar-refractivity contribution in [2.24, 2.45) is 0 Å². The number of benzene rings is 1. The number of H-pyrrole nitrogens is 1. The van der Waals surface area contributed by atoms with E-state index in [-0.39, 0.29) is 46.8 Å². The van der Waals surface area contributed by atoms with Gasteiger partial charge in [-0.05, 0) is 25.8 Å². The number of rotatable bonds is 2. The first-order valence-corrected chi connectivity index (χ1v) is 9.85. The zero-order valence-electron chi connectivity index (χ0n) is 16.8. The van der Waals surface area contributed by atoms with Crippen LogP contribution in [0.25, 0.3) is 16.6 Å². The number of aromatic amines is 1. The zero-order chi connectivity index (χ0) is 22.6. The van der Waals surface area contributed by atoms with Crippen LogP contribution in [0.2, 0.25) is 0 Å². The average Bonchev–Trinajstić information content (AvgIpc) is 3.22. The maximum Gasteiger partial charge on any atom is 0.293 e. The van der Waals surface area contributed by atoms with Crippen molar-refractivity contribution in [3.63, 3.8) is 0 Å². The molecule has 5 rings (SSSR count). The number of fused-ring (bicyclic) bond motifs is 3. The molecule has 0 bridgehead atoms. The number of nitrogens with one attached hydrogen (secondary N) is 1. The number of aromatic nitrogens is 7. The quantitative estimate of drug-likeness (QED) is 0.469. The van der Waals surface area contributed by atoms with E-state index >= 15 is 0 Å². The smallest absolute Gasteiger partial charge is 0.293 e. The monoisotopic (exact) mass is 441 g/mol. The molecule has 1 amide bonds. The van der Waals surface area contributed by atoms with Crippen LogP contribution in [0, 0.1) is 11.6 Å². The Morgan fingerprint density at radius 2 is 2.06 bits per heavy atom. The van der Waals surface area contributed by atoms with Gasteiger partial charge in [0.2, 0.25) is 11.8 Å². The topological polar surface area (TPSA) is 148 Å². The molecule has 3 N–H and O–H groups in total. The molecule has 1 aliphatic heterocycles. The Labute approximate surface area is 178 Å². The molecule has 13 heteroatoms. The Kier molecular flexibility index (Phi) is 4.53. The lowest BCUT2D eigenvalue weighted by atomic mass is 9.92. The van der Waals surface area contributed by atoms with Gasteiger partial charge in [0, 0.05) is 24.6 Å². The van der Waals surface area contributed by atoms with Crippen molar-refractivity contribution in [1.82, 2.24) is 39.7 Å². The number of nitrogens with zero attached hydrogens (tertiary/aromatic N) is 7. The molecule has 164 valence electrons. The molecular weight excluding hydrogens is 424 g/mol. The minimum Gasteiger partial charge on any atom is -0.368 e. The second-order valence-electron chi connectivity index (χ2n) is 7.71. The van der Waals surface area contributed by atoms with E-state index in [1.165, 1.54) is 4.52 Å². The lowest BCUT2D eigenvalue weighted by Gasteiger charge is -2.36. The van der Waals surface area contributed by atoms with Crippen LogP contribution in [0.1, 0.15) is 42.1 Å². The number of anilines is 1. The molecule has 1 saturated heterocycles. The number of amides is 1. The standard InChI is InChI=1S/C19H17F2N9O2/c1-8-2-3-9(7-29(8)18(32)16-23-6-13(31)26-27-16)15-25-17-11-4-10(20)5-12(21)14(11)24-19(22)30(17)28-15/h4-6,8-9H,2-3,7H2,1H3,(H2,22,24)(H,26,31)/t8-,9+/m0/s1. The molecule has 4 aromatic rings. The van der Waals surface area contributed by atoms with Gasteiger partial charge in [0.15, 0.2) is 17.3 Å². The Morgan fingerprint density at radius 3 is 2.81 bits per heavy atom. The van der Waals surface area contributed by atoms with E-state index in [1.807, 2.05) is 6.92 Å². The summed E-state index contributed by atoms with van der Waals surface area (Å²) in [4.78, 5) is 38.0. The van der Waals surface area contributed by atoms with Gasteiger partial charge >= 0.3 is 0 Å². The third kappa shape index (κ3) is 3.21. The highest BCUT2D eigenvalue weighted by Gasteiger charge is 2.34. The highest BCUT2D eigenvalue weighted by Crippen LogP contribution is 2.31. The van der Waals surface area contributed by atoms with Gasteiger partial charge in [-0.2, -0.15) is 4.52 Å². The van der Waals surface area contributed by atoms with E-state index in [0.29, 0.717) is 18.7 Å². The van der Waals surface area contributed by atoms with Crippen LogP contribution in [-0.2, 0) is 0 Å². The normalized spacial score (nSPS) is 19.0. The summed E-state index contributed by atoms with van der Waals surface area (Å²) in [5.41, 5.74) is 5.51. The number of nitrogen functional groups attached to an aromatic ring is 1. The highest BCUT2D eigenvalue weighted by molar-refractivity contribution is 5.92. The Bertz CT molecular complexity index is 1410. The van der Waals surface area contributed by atoms with Crippen LogP contribution in [0.4, 0.5) is 14.7 Å². The minimum absolute atomic E-state index is 0.0875. The summed E-state index contributed by atoms with van der Waals surface area (Å²) in [7, 11) is 0. The van der Waals surface area contributed by atoms with Gasteiger partial charge in [-0.3, -0.25) is 9.59 Å². The average molecular weight is 441 g/mol. The van der Waals surface area contributed by atoms with Gasteiger partial charge < -0.3 is 10.6 Å². The molecule has 4 heterocycles. The van der Waals surface area contributed by atoms with Crippen LogP contribution in [0.5, 0.6) is 0 Å². The largest absolute Gasteiger partial charge is 0.368 e. The molecule has 0 unspecified atom stereocenters. The first-order valence-electron chi connectivity index (χ1n) is 9.85. The van der Waals surface area contributed by atoms with Crippen molar-refractivity contribution in [3.05, 3.63) is 52.0 Å². The summed E-state index contributed by atoms with van der Waals surface area (Å²) in [6.07, 6.45) is 2.34. The third-order valence-electron chi connectivity index (χ3n) is 5.61. The van der Waals surface area contributed by atoms with Crippen molar-refractivity contribution in [1.29, 1.82) is 0 Å². The molecule has 3 aromatic heterocycles. The predicted molar refractivity (Wildman–Crippen MR) is 108 cm³/mol. The highest BCUT2D eigenvalue weighted by atomic mass is 19.1. The SMILES string of the molecule is C[C@H]1CC[C@@H](c2nc3c4cc(F)cc(F)c4nc(N)n3n2)CN1C(=O)c1ncc(=O)[nH]n1. The van der Waals surface area contributed by atoms with E-state index in [4.69, 9.17) is 5.73 Å². The number of piperidine rings is 1. The van der Waals surface area contributed by atoms with Gasteiger partial charge in [-0.1, -0.05) is 0 Å². The van der Waals surface area contributed by atoms with Crippen LogP contribution in [0.15, 0.2) is 23.1 Å². The van der Waals surface area contributed by atoms with Crippen LogP contribution in [-0.4, -0.2) is 58.2 Å². The first-order chi connectivity index (χ1) is 15.3. The number of hydrogen-bond donors (Lipinski definition) is 2. The van der Waals surface area contributed by atoms with Gasteiger partial charge in [-0.25, -0.2) is 28.8 Å². The summed E-state index contributed by atoms with van der Waals surface area (Å²) in [6, 6.07) is 1.76. The maximum atomic E-state index is 14.2. The van der Waals surface area contributed by atoms with Gasteiger partial charge in [0.25, 0.3) is 11.5 Å². The Morgan fingerprint density at radius 1 is 1.25 bits per heavy atom. The molecule has 1 aliphatic rings. The summed E-state index contributed by atoms with van der Waals surface area (Å²) in [5.74, 6) is -2.13. The zero-order valence-corrected chi connectivity index (χ0v) is 16.8. The fourth-order valence-electron chi connectivity index (χ4n) is 3.96. The number of halogens is 2. The van der Waals surface area contributed by atoms with Gasteiger partial charge in [0.1, 0.15) is 11.3 Å². The number of carbonyl (C=O) groups is 1. The molecule has 2 atom stereocenters. The molecule has 0 aliphatic carbocycles. The van der Waals surface area contributed by atoms with E-state index < -0.39 is 23.1 Å². The first kappa shape index (κ1) is 19.9. The predicted octanol–water partition coefficient (Wildman–Crippen LogP) is 1.02. The Hall–Kier alpha value is -4.03. The van der Waals surface area contributed by atoms with E-state index in [2.05, 4.69) is 30.2 Å². The van der Waals surface area contributed by atoms with Crippen molar-refractivity contribution in [2.45, 2.75) is 31.7 Å². The molecular formula is C19H17F2N9O2. The van der Waals surface area contributed by atoms with Crippen molar-refractivity contribution >= 4 is 28.4 Å².